The van der Waals surface area contributed by atoms with E-state index in [9.17, 15) is 18.1 Å². The number of hydrogen-bond donors (Lipinski definition) is 2. The van der Waals surface area contributed by atoms with Gasteiger partial charge in [0.15, 0.2) is 0 Å². The molecule has 0 bridgehead atoms. The first-order valence-electron chi connectivity index (χ1n) is 12.6. The summed E-state index contributed by atoms with van der Waals surface area (Å²) in [6.07, 6.45) is 21.3. The molecule has 176 valence electrons. The fourth-order valence-corrected chi connectivity index (χ4v) is 4.93. The van der Waals surface area contributed by atoms with E-state index in [1.807, 2.05) is 0 Å². The number of hydrogen-bond acceptors (Lipinski definition) is 3. The maximum absolute atomic E-state index is 11.6. The molecule has 4 nitrogen and oxygen atoms in total. The summed E-state index contributed by atoms with van der Waals surface area (Å²) < 4.78 is 32.7. The van der Waals surface area contributed by atoms with E-state index in [1.54, 1.807) is 0 Å². The first-order chi connectivity index (χ1) is 13.9. The zero-order chi connectivity index (χ0) is 21.8. The summed E-state index contributed by atoms with van der Waals surface area (Å²) in [5.41, 5.74) is 0. The molecule has 0 aromatic carbocycles. The molecule has 0 aromatic rings. The van der Waals surface area contributed by atoms with Crippen molar-refractivity contribution in [1.82, 2.24) is 0 Å². The standard InChI is InChI=1S/C24H50O4S/c1-3-5-7-8-9-10-11-12-13-14-15-16-17-21-24(29(26,27)28)22-18-20-23(25)19-6-4-2/h23-25H,3-22H2,1-2H3,(H,26,27,28). The Kier molecular flexibility index (Phi) is 19.7. The van der Waals surface area contributed by atoms with Gasteiger partial charge in [-0.1, -0.05) is 110 Å². The van der Waals surface area contributed by atoms with Gasteiger partial charge in [-0.2, -0.15) is 8.42 Å². The van der Waals surface area contributed by atoms with Crippen molar-refractivity contribution in [3.8, 4) is 0 Å². The molecule has 0 saturated carbocycles. The van der Waals surface area contributed by atoms with Gasteiger partial charge in [-0.05, 0) is 32.1 Å². The molecule has 5 heteroatoms. The van der Waals surface area contributed by atoms with Crippen LogP contribution in [0.1, 0.15) is 142 Å². The van der Waals surface area contributed by atoms with Gasteiger partial charge >= 0.3 is 0 Å². The minimum atomic E-state index is -3.98. The molecule has 0 aliphatic heterocycles. The van der Waals surface area contributed by atoms with E-state index in [4.69, 9.17) is 0 Å². The lowest BCUT2D eigenvalue weighted by Gasteiger charge is -2.15. The van der Waals surface area contributed by atoms with Crippen LogP contribution in [0.25, 0.3) is 0 Å². The van der Waals surface area contributed by atoms with Crippen LogP contribution in [0.2, 0.25) is 0 Å². The molecular formula is C24H50O4S. The van der Waals surface area contributed by atoms with Crippen molar-refractivity contribution in [2.75, 3.05) is 0 Å². The molecule has 0 saturated heterocycles. The molecule has 0 aliphatic carbocycles. The lowest BCUT2D eigenvalue weighted by atomic mass is 10.0. The molecule has 0 aromatic heterocycles. The normalized spacial score (nSPS) is 14.2. The molecule has 0 aliphatic rings. The third-order valence-electron chi connectivity index (χ3n) is 6.01. The molecule has 0 radical (unpaired) electrons. The van der Waals surface area contributed by atoms with Crippen molar-refractivity contribution in [2.45, 2.75) is 154 Å². The highest BCUT2D eigenvalue weighted by atomic mass is 32.2. The summed E-state index contributed by atoms with van der Waals surface area (Å²) in [4.78, 5) is 0. The lowest BCUT2D eigenvalue weighted by molar-refractivity contribution is 0.148. The second-order valence-electron chi connectivity index (χ2n) is 8.90. The summed E-state index contributed by atoms with van der Waals surface area (Å²) in [6.45, 7) is 4.35. The van der Waals surface area contributed by atoms with E-state index < -0.39 is 15.4 Å². The van der Waals surface area contributed by atoms with Crippen molar-refractivity contribution < 1.29 is 18.1 Å². The molecule has 2 atom stereocenters. The maximum atomic E-state index is 11.6. The Balaban J connectivity index is 3.68. The minimum absolute atomic E-state index is 0.340. The summed E-state index contributed by atoms with van der Waals surface area (Å²) >= 11 is 0. The average Bonchev–Trinajstić information content (AvgIpc) is 2.67. The van der Waals surface area contributed by atoms with Gasteiger partial charge < -0.3 is 5.11 Å². The van der Waals surface area contributed by atoms with Crippen molar-refractivity contribution in [3.63, 3.8) is 0 Å². The Morgan fingerprint density at radius 2 is 0.931 bits per heavy atom. The number of unbranched alkanes of at least 4 members (excludes halogenated alkanes) is 13. The molecule has 0 fully saturated rings. The number of aliphatic hydroxyl groups excluding tert-OH is 1. The van der Waals surface area contributed by atoms with E-state index >= 15 is 0 Å². The summed E-state index contributed by atoms with van der Waals surface area (Å²) in [5, 5.41) is 9.22. The van der Waals surface area contributed by atoms with E-state index in [2.05, 4.69) is 13.8 Å². The molecular weight excluding hydrogens is 384 g/mol. The maximum Gasteiger partial charge on any atom is 0.267 e. The molecule has 2 unspecified atom stereocenters. The Hall–Kier alpha value is -0.130. The molecule has 29 heavy (non-hydrogen) atoms. The van der Waals surface area contributed by atoms with E-state index in [0.717, 1.165) is 38.5 Å². The predicted molar refractivity (Wildman–Crippen MR) is 125 cm³/mol. The van der Waals surface area contributed by atoms with Crippen LogP contribution in [-0.4, -0.2) is 29.4 Å². The van der Waals surface area contributed by atoms with Crippen LogP contribution in [-0.2, 0) is 10.1 Å². The highest BCUT2D eigenvalue weighted by Crippen LogP contribution is 2.20. The van der Waals surface area contributed by atoms with Crippen molar-refractivity contribution >= 4 is 10.1 Å². The second-order valence-corrected chi connectivity index (χ2v) is 10.6. The molecule has 0 rings (SSSR count). The molecule has 2 N–H and O–H groups in total. The van der Waals surface area contributed by atoms with Crippen LogP contribution in [0, 0.1) is 0 Å². The zero-order valence-corrected chi connectivity index (χ0v) is 20.2. The van der Waals surface area contributed by atoms with Crippen LogP contribution in [0.15, 0.2) is 0 Å². The Morgan fingerprint density at radius 1 is 0.552 bits per heavy atom. The van der Waals surface area contributed by atoms with Crippen molar-refractivity contribution in [2.24, 2.45) is 0 Å². The zero-order valence-electron chi connectivity index (χ0n) is 19.4. The van der Waals surface area contributed by atoms with Gasteiger partial charge in [-0.3, -0.25) is 4.55 Å². The minimum Gasteiger partial charge on any atom is -0.393 e. The number of rotatable bonds is 22. The smallest absolute Gasteiger partial charge is 0.267 e. The van der Waals surface area contributed by atoms with Crippen molar-refractivity contribution in [3.05, 3.63) is 0 Å². The largest absolute Gasteiger partial charge is 0.393 e. The van der Waals surface area contributed by atoms with Gasteiger partial charge in [0.1, 0.15) is 0 Å². The Labute approximate surface area is 182 Å². The van der Waals surface area contributed by atoms with Crippen LogP contribution in [0.4, 0.5) is 0 Å². The van der Waals surface area contributed by atoms with E-state index in [1.165, 1.54) is 64.2 Å². The van der Waals surface area contributed by atoms with Gasteiger partial charge in [-0.25, -0.2) is 0 Å². The monoisotopic (exact) mass is 434 g/mol. The summed E-state index contributed by atoms with van der Waals surface area (Å²) in [6, 6.07) is 0. The molecule has 0 spiro atoms. The molecule has 0 heterocycles. The first kappa shape index (κ1) is 28.9. The predicted octanol–water partition coefficient (Wildman–Crippen LogP) is 7.45. The van der Waals surface area contributed by atoms with Gasteiger partial charge in [0, 0.05) is 0 Å². The SMILES string of the molecule is CCCCCCCCCCCCCCCC(CCCC(O)CCCC)S(=O)(=O)O. The molecule has 0 amide bonds. The van der Waals surface area contributed by atoms with Crippen LogP contribution < -0.4 is 0 Å². The highest BCUT2D eigenvalue weighted by molar-refractivity contribution is 7.86. The lowest BCUT2D eigenvalue weighted by Crippen LogP contribution is -2.21. The second kappa shape index (κ2) is 19.8. The third kappa shape index (κ3) is 19.6. The van der Waals surface area contributed by atoms with Crippen LogP contribution >= 0.6 is 0 Å². The van der Waals surface area contributed by atoms with Gasteiger partial charge in [-0.15, -0.1) is 0 Å². The van der Waals surface area contributed by atoms with Crippen LogP contribution in [0.3, 0.4) is 0 Å². The summed E-state index contributed by atoms with van der Waals surface area (Å²) in [7, 11) is -3.98. The van der Waals surface area contributed by atoms with Gasteiger partial charge in [0.25, 0.3) is 10.1 Å². The fraction of sp³-hybridized carbons (Fsp3) is 1.00. The quantitative estimate of drug-likeness (QED) is 0.137. The fourth-order valence-electron chi connectivity index (χ4n) is 4.00. The van der Waals surface area contributed by atoms with Crippen molar-refractivity contribution in [1.29, 1.82) is 0 Å². The van der Waals surface area contributed by atoms with Gasteiger partial charge in [0.05, 0.1) is 11.4 Å². The third-order valence-corrected chi connectivity index (χ3v) is 7.32. The van der Waals surface area contributed by atoms with E-state index in [-0.39, 0.29) is 6.10 Å². The van der Waals surface area contributed by atoms with Gasteiger partial charge in [0.2, 0.25) is 0 Å². The van der Waals surface area contributed by atoms with E-state index in [0.29, 0.717) is 25.7 Å². The van der Waals surface area contributed by atoms with Crippen LogP contribution in [0.5, 0.6) is 0 Å². The average molecular weight is 435 g/mol. The topological polar surface area (TPSA) is 74.6 Å². The first-order valence-corrected chi connectivity index (χ1v) is 14.1. The summed E-state index contributed by atoms with van der Waals surface area (Å²) in [5.74, 6) is 0. The highest BCUT2D eigenvalue weighted by Gasteiger charge is 2.22. The Morgan fingerprint density at radius 3 is 1.38 bits per heavy atom. The Bertz CT molecular complexity index is 436. The number of aliphatic hydroxyl groups is 1.